The average molecular weight is 245 g/mol. The molecule has 0 aliphatic heterocycles. The fourth-order valence-electron chi connectivity index (χ4n) is 1.40. The highest BCUT2D eigenvalue weighted by Crippen LogP contribution is 2.20. The van der Waals surface area contributed by atoms with Crippen molar-refractivity contribution in [2.45, 2.75) is 0 Å². The molecule has 17 heavy (non-hydrogen) atoms. The van der Waals surface area contributed by atoms with E-state index in [0.29, 0.717) is 22.2 Å². The number of hydrogen-bond donors (Lipinski definition) is 2. The van der Waals surface area contributed by atoms with E-state index in [0.717, 1.165) is 5.69 Å². The topological polar surface area (TPSA) is 74.7 Å². The molecule has 0 spiro atoms. The van der Waals surface area contributed by atoms with Crippen molar-refractivity contribution >= 4 is 28.8 Å². The van der Waals surface area contributed by atoms with Gasteiger partial charge in [-0.1, -0.05) is 17.7 Å². The summed E-state index contributed by atoms with van der Waals surface area (Å²) in [6.45, 7) is 0. The van der Waals surface area contributed by atoms with Crippen molar-refractivity contribution in [1.29, 1.82) is 5.26 Å². The first kappa shape index (κ1) is 11.2. The monoisotopic (exact) mass is 244 g/mol. The van der Waals surface area contributed by atoms with Crippen molar-refractivity contribution in [3.63, 3.8) is 0 Å². The quantitative estimate of drug-likeness (QED) is 0.797. The van der Waals surface area contributed by atoms with Gasteiger partial charge in [0.2, 0.25) is 0 Å². The van der Waals surface area contributed by atoms with E-state index >= 15 is 0 Å². The Hall–Kier alpha value is -2.25. The summed E-state index contributed by atoms with van der Waals surface area (Å²) in [6.07, 6.45) is 0. The Morgan fingerprint density at radius 3 is 2.82 bits per heavy atom. The van der Waals surface area contributed by atoms with Crippen molar-refractivity contribution in [2.24, 2.45) is 0 Å². The van der Waals surface area contributed by atoms with Gasteiger partial charge in [0, 0.05) is 17.4 Å². The van der Waals surface area contributed by atoms with Crippen LogP contribution in [0.4, 0.5) is 17.2 Å². The Labute approximate surface area is 104 Å². The van der Waals surface area contributed by atoms with Gasteiger partial charge < -0.3 is 11.1 Å². The van der Waals surface area contributed by atoms with Gasteiger partial charge in [0.05, 0.1) is 11.6 Å². The van der Waals surface area contributed by atoms with E-state index in [1.807, 2.05) is 6.07 Å². The molecular weight excluding hydrogens is 236 g/mol. The van der Waals surface area contributed by atoms with E-state index < -0.39 is 0 Å². The van der Waals surface area contributed by atoms with E-state index in [-0.39, 0.29) is 0 Å². The highest BCUT2D eigenvalue weighted by atomic mass is 35.5. The maximum atomic E-state index is 8.78. The van der Waals surface area contributed by atoms with Crippen molar-refractivity contribution in [2.75, 3.05) is 11.1 Å². The molecule has 0 aliphatic rings. The number of nitrogens with one attached hydrogen (secondary N) is 1. The van der Waals surface area contributed by atoms with E-state index in [1.54, 1.807) is 30.3 Å². The van der Waals surface area contributed by atoms with Crippen LogP contribution in [0.2, 0.25) is 5.15 Å². The number of benzene rings is 1. The highest BCUT2D eigenvalue weighted by Gasteiger charge is 2.00. The zero-order chi connectivity index (χ0) is 12.3. The van der Waals surface area contributed by atoms with E-state index in [4.69, 9.17) is 22.6 Å². The minimum atomic E-state index is 0.323. The zero-order valence-electron chi connectivity index (χ0n) is 8.81. The van der Waals surface area contributed by atoms with Gasteiger partial charge in [-0.3, -0.25) is 0 Å². The van der Waals surface area contributed by atoms with Crippen LogP contribution in [0.1, 0.15) is 5.56 Å². The Kier molecular flexibility index (Phi) is 3.12. The number of anilines is 3. The van der Waals surface area contributed by atoms with Crippen LogP contribution in [0.15, 0.2) is 36.4 Å². The fraction of sp³-hybridized carbons (Fsp3) is 0. The third-order valence-electron chi connectivity index (χ3n) is 2.08. The van der Waals surface area contributed by atoms with Crippen molar-refractivity contribution in [3.05, 3.63) is 47.1 Å². The van der Waals surface area contributed by atoms with Crippen LogP contribution in [-0.2, 0) is 0 Å². The lowest BCUT2D eigenvalue weighted by Crippen LogP contribution is -1.96. The van der Waals surface area contributed by atoms with Gasteiger partial charge in [-0.15, -0.1) is 0 Å². The molecule has 2 aromatic rings. The molecule has 2 rings (SSSR count). The summed E-state index contributed by atoms with van der Waals surface area (Å²) in [7, 11) is 0. The van der Waals surface area contributed by atoms with Gasteiger partial charge in [-0.2, -0.15) is 5.26 Å². The van der Waals surface area contributed by atoms with E-state index in [9.17, 15) is 0 Å². The molecule has 0 atom stereocenters. The number of aromatic nitrogens is 1. The Bertz CT molecular complexity index is 569. The highest BCUT2D eigenvalue weighted by molar-refractivity contribution is 6.29. The lowest BCUT2D eigenvalue weighted by molar-refractivity contribution is 1.31. The van der Waals surface area contributed by atoms with E-state index in [2.05, 4.69) is 16.4 Å². The second-order valence-electron chi connectivity index (χ2n) is 3.43. The summed E-state index contributed by atoms with van der Waals surface area (Å²) in [6, 6.07) is 12.4. The summed E-state index contributed by atoms with van der Waals surface area (Å²) < 4.78 is 0. The molecule has 1 aromatic carbocycles. The molecule has 3 N–H and O–H groups in total. The number of hydrogen-bond acceptors (Lipinski definition) is 4. The minimum absolute atomic E-state index is 0.323. The summed E-state index contributed by atoms with van der Waals surface area (Å²) in [5.74, 6) is 0.546. The molecule has 5 heteroatoms. The Morgan fingerprint density at radius 1 is 1.29 bits per heavy atom. The lowest BCUT2D eigenvalue weighted by atomic mass is 10.2. The van der Waals surface area contributed by atoms with Crippen LogP contribution in [0.5, 0.6) is 0 Å². The maximum absolute atomic E-state index is 8.78. The summed E-state index contributed by atoms with van der Waals surface area (Å²) in [4.78, 5) is 4.08. The predicted molar refractivity (Wildman–Crippen MR) is 68.1 cm³/mol. The van der Waals surface area contributed by atoms with E-state index in [1.165, 1.54) is 0 Å². The lowest BCUT2D eigenvalue weighted by Gasteiger charge is -2.06. The molecule has 4 nitrogen and oxygen atoms in total. The molecule has 1 aromatic heterocycles. The van der Waals surface area contributed by atoms with Crippen LogP contribution in [0.25, 0.3) is 0 Å². The molecule has 0 unspecified atom stereocenters. The molecular formula is C12H9ClN4. The third kappa shape index (κ3) is 2.86. The van der Waals surface area contributed by atoms with Gasteiger partial charge >= 0.3 is 0 Å². The van der Waals surface area contributed by atoms with Crippen molar-refractivity contribution < 1.29 is 0 Å². The van der Waals surface area contributed by atoms with Crippen LogP contribution in [-0.4, -0.2) is 4.98 Å². The Balaban J connectivity index is 2.28. The molecule has 0 amide bonds. The standard InChI is InChI=1S/C12H9ClN4/c13-11-5-9(15)6-12(17-11)16-10-3-1-2-8(4-10)7-14/h1-6H,(H3,15,16,17). The first-order valence-corrected chi connectivity index (χ1v) is 5.25. The van der Waals surface area contributed by atoms with Gasteiger partial charge in [0.15, 0.2) is 0 Å². The molecule has 84 valence electrons. The normalized spacial score (nSPS) is 9.65. The molecule has 1 heterocycles. The number of nitrogens with zero attached hydrogens (tertiary/aromatic N) is 2. The second kappa shape index (κ2) is 4.73. The SMILES string of the molecule is N#Cc1cccc(Nc2cc(N)cc(Cl)n2)c1. The second-order valence-corrected chi connectivity index (χ2v) is 3.81. The van der Waals surface area contributed by atoms with Crippen LogP contribution < -0.4 is 11.1 Å². The zero-order valence-corrected chi connectivity index (χ0v) is 9.57. The molecule has 0 fully saturated rings. The maximum Gasteiger partial charge on any atom is 0.134 e. The first-order valence-electron chi connectivity index (χ1n) is 4.87. The number of nitriles is 1. The number of pyridine rings is 1. The summed E-state index contributed by atoms with van der Waals surface area (Å²) in [5, 5.41) is 12.1. The number of halogens is 1. The number of nitrogen functional groups attached to an aromatic ring is 1. The van der Waals surface area contributed by atoms with Gasteiger partial charge in [-0.05, 0) is 24.3 Å². The molecule has 0 saturated heterocycles. The van der Waals surface area contributed by atoms with Crippen LogP contribution in [0.3, 0.4) is 0 Å². The summed E-state index contributed by atoms with van der Waals surface area (Å²) >= 11 is 5.79. The van der Waals surface area contributed by atoms with Crippen LogP contribution in [0, 0.1) is 11.3 Å². The summed E-state index contributed by atoms with van der Waals surface area (Å²) in [5.41, 5.74) is 7.52. The number of rotatable bonds is 2. The fourth-order valence-corrected chi connectivity index (χ4v) is 1.61. The molecule has 0 saturated carbocycles. The van der Waals surface area contributed by atoms with Crippen molar-refractivity contribution in [3.8, 4) is 6.07 Å². The Morgan fingerprint density at radius 2 is 2.12 bits per heavy atom. The smallest absolute Gasteiger partial charge is 0.134 e. The molecule has 0 radical (unpaired) electrons. The van der Waals surface area contributed by atoms with Gasteiger partial charge in [0.1, 0.15) is 11.0 Å². The predicted octanol–water partition coefficient (Wildman–Crippen LogP) is 2.93. The van der Waals surface area contributed by atoms with Crippen LogP contribution >= 0.6 is 11.6 Å². The van der Waals surface area contributed by atoms with Gasteiger partial charge in [0.25, 0.3) is 0 Å². The van der Waals surface area contributed by atoms with Gasteiger partial charge in [-0.25, -0.2) is 4.98 Å². The minimum Gasteiger partial charge on any atom is -0.399 e. The average Bonchev–Trinajstić information content (AvgIpc) is 2.28. The molecule has 0 bridgehead atoms. The number of nitrogens with two attached hydrogens (primary N) is 1. The first-order chi connectivity index (χ1) is 8.17. The third-order valence-corrected chi connectivity index (χ3v) is 2.27. The molecule has 0 aliphatic carbocycles. The largest absolute Gasteiger partial charge is 0.399 e. The van der Waals surface area contributed by atoms with Crippen molar-refractivity contribution in [1.82, 2.24) is 4.98 Å².